The number of hydrogen-bond donors (Lipinski definition) is 1. The molecule has 1 fully saturated rings. The van der Waals surface area contributed by atoms with Crippen molar-refractivity contribution in [3.8, 4) is 0 Å². The summed E-state index contributed by atoms with van der Waals surface area (Å²) >= 11 is 0. The average Bonchev–Trinajstić information content (AvgIpc) is 3.02. The molecule has 0 heterocycles. The van der Waals surface area contributed by atoms with E-state index in [1.165, 1.54) is 40.7 Å². The molecule has 1 saturated carbocycles. The molecule has 5 heteroatoms. The molecular formula is C18H24N2O2S. The number of hydrogen-bond acceptors (Lipinski definition) is 2. The topological polar surface area (TPSA) is 72.5 Å². The van der Waals surface area contributed by atoms with E-state index in [1.807, 2.05) is 0 Å². The Morgan fingerprint density at radius 3 is 2.22 bits per heavy atom. The Kier molecular flexibility index (Phi) is 3.81. The lowest BCUT2D eigenvalue weighted by molar-refractivity contribution is -0.117. The number of rotatable bonds is 3. The van der Waals surface area contributed by atoms with Gasteiger partial charge in [-0.3, -0.25) is 4.79 Å². The molecule has 0 bridgehead atoms. The highest BCUT2D eigenvalue weighted by molar-refractivity contribution is 7.92. The van der Waals surface area contributed by atoms with E-state index in [2.05, 4.69) is 10.4 Å². The van der Waals surface area contributed by atoms with Crippen molar-refractivity contribution in [2.45, 2.75) is 69.5 Å². The van der Waals surface area contributed by atoms with Gasteiger partial charge in [0.25, 0.3) is 5.91 Å². The van der Waals surface area contributed by atoms with Gasteiger partial charge in [-0.2, -0.15) is 0 Å². The second kappa shape index (κ2) is 5.71. The third-order valence-electron chi connectivity index (χ3n) is 5.70. The van der Waals surface area contributed by atoms with Crippen LogP contribution < -0.4 is 5.14 Å². The largest absolute Gasteiger partial charge is 0.272 e. The van der Waals surface area contributed by atoms with Gasteiger partial charge in [0.05, 0.1) is 11.7 Å². The highest BCUT2D eigenvalue weighted by Gasteiger charge is 2.29. The summed E-state index contributed by atoms with van der Waals surface area (Å²) in [5.41, 5.74) is 6.75. The molecule has 4 nitrogen and oxygen atoms in total. The minimum atomic E-state index is -2.85. The molecule has 0 spiro atoms. The first kappa shape index (κ1) is 15.3. The van der Waals surface area contributed by atoms with Gasteiger partial charge in [-0.25, -0.2) is 9.35 Å². The zero-order valence-electron chi connectivity index (χ0n) is 13.5. The van der Waals surface area contributed by atoms with E-state index in [1.54, 1.807) is 0 Å². The Labute approximate surface area is 138 Å². The predicted molar refractivity (Wildman–Crippen MR) is 91.6 cm³/mol. The molecule has 23 heavy (non-hydrogen) atoms. The fourth-order valence-electron chi connectivity index (χ4n) is 4.27. The van der Waals surface area contributed by atoms with Crippen LogP contribution in [0.1, 0.15) is 59.9 Å². The molecule has 1 aromatic rings. The molecule has 1 atom stereocenters. The van der Waals surface area contributed by atoms with Gasteiger partial charge in [-0.05, 0) is 79.2 Å². The molecule has 0 radical (unpaired) electrons. The lowest BCUT2D eigenvalue weighted by atomic mass is 9.92. The molecule has 0 aromatic heterocycles. The summed E-state index contributed by atoms with van der Waals surface area (Å²) in [6.45, 7) is 0. The predicted octanol–water partition coefficient (Wildman–Crippen LogP) is 2.63. The van der Waals surface area contributed by atoms with Crippen LogP contribution in [0.3, 0.4) is 0 Å². The van der Waals surface area contributed by atoms with E-state index >= 15 is 0 Å². The van der Waals surface area contributed by atoms with Crippen LogP contribution in [0, 0.1) is 0 Å². The van der Waals surface area contributed by atoms with E-state index < -0.39 is 9.92 Å². The van der Waals surface area contributed by atoms with Gasteiger partial charge in [0, 0.05) is 0 Å². The van der Waals surface area contributed by atoms with E-state index in [4.69, 9.17) is 5.14 Å². The van der Waals surface area contributed by atoms with E-state index in [9.17, 15) is 9.00 Å². The van der Waals surface area contributed by atoms with Crippen LogP contribution in [0.25, 0.3) is 0 Å². The number of carbonyl (C=O) groups excluding carboxylic acids is 1. The van der Waals surface area contributed by atoms with Gasteiger partial charge in [-0.1, -0.05) is 12.5 Å². The number of carbonyl (C=O) groups is 1. The fourth-order valence-corrected chi connectivity index (χ4v) is 5.81. The molecule has 124 valence electrons. The van der Waals surface area contributed by atoms with Crippen molar-refractivity contribution >= 4 is 15.8 Å². The van der Waals surface area contributed by atoms with Crippen LogP contribution in [0.4, 0.5) is 0 Å². The second-order valence-electron chi connectivity index (χ2n) is 7.17. The number of fused-ring (bicyclic) bond motifs is 2. The quantitative estimate of drug-likeness (QED) is 0.924. The molecule has 1 unspecified atom stereocenters. The third kappa shape index (κ3) is 2.74. The van der Waals surface area contributed by atoms with Gasteiger partial charge in [0.2, 0.25) is 0 Å². The fraction of sp³-hybridized carbons (Fsp3) is 0.611. The molecule has 1 aromatic carbocycles. The Hall–Kier alpha value is -1.20. The monoisotopic (exact) mass is 332 g/mol. The molecular weight excluding hydrogens is 308 g/mol. The van der Waals surface area contributed by atoms with Crippen molar-refractivity contribution in [2.24, 2.45) is 9.50 Å². The summed E-state index contributed by atoms with van der Waals surface area (Å²) in [6, 6.07) is 2.36. The smallest absolute Gasteiger partial charge is 0.259 e. The molecule has 4 rings (SSSR count). The molecule has 1 amide bonds. The van der Waals surface area contributed by atoms with Gasteiger partial charge >= 0.3 is 0 Å². The first-order valence-electron chi connectivity index (χ1n) is 8.76. The van der Waals surface area contributed by atoms with E-state index in [-0.39, 0.29) is 17.6 Å². The molecule has 3 aliphatic rings. The Bertz CT molecular complexity index is 754. The normalized spacial score (nSPS) is 22.1. The highest BCUT2D eigenvalue weighted by Crippen LogP contribution is 2.35. The number of aryl methyl sites for hydroxylation is 2. The third-order valence-corrected chi connectivity index (χ3v) is 7.62. The Morgan fingerprint density at radius 1 is 1.09 bits per heavy atom. The molecule has 0 aliphatic heterocycles. The number of amides is 1. The summed E-state index contributed by atoms with van der Waals surface area (Å²) in [7, 11) is -2.85. The first-order chi connectivity index (χ1) is 11.0. The molecule has 0 saturated heterocycles. The van der Waals surface area contributed by atoms with Gasteiger partial charge in [0.15, 0.2) is 0 Å². The molecule has 2 N–H and O–H groups in total. The van der Waals surface area contributed by atoms with Crippen LogP contribution in [-0.4, -0.2) is 15.4 Å². The number of benzene rings is 1. The standard InChI is InChI=1S/C18H24N2O2S/c19-23(22,14-6-3-7-14)20-18(21)11-17-15-8-1-4-12(15)10-13-5-2-9-16(13)17/h10,14H,1-9,11H2,(H2,19,20,21,22). The maximum Gasteiger partial charge on any atom is 0.259 e. The lowest BCUT2D eigenvalue weighted by Crippen LogP contribution is -2.34. The van der Waals surface area contributed by atoms with Crippen LogP contribution >= 0.6 is 0 Å². The van der Waals surface area contributed by atoms with Gasteiger partial charge < -0.3 is 0 Å². The zero-order valence-corrected chi connectivity index (χ0v) is 14.3. The Balaban J connectivity index is 1.66. The maximum absolute atomic E-state index is 12.4. The van der Waals surface area contributed by atoms with Crippen LogP contribution in [-0.2, 0) is 46.8 Å². The van der Waals surface area contributed by atoms with Crippen molar-refractivity contribution in [2.75, 3.05) is 0 Å². The highest BCUT2D eigenvalue weighted by atomic mass is 32.2. The Morgan fingerprint density at radius 2 is 1.70 bits per heavy atom. The van der Waals surface area contributed by atoms with Crippen molar-refractivity contribution in [3.05, 3.63) is 33.9 Å². The molecule has 3 aliphatic carbocycles. The summed E-state index contributed by atoms with van der Waals surface area (Å²) in [5, 5.41) is 5.76. The summed E-state index contributed by atoms with van der Waals surface area (Å²) in [6.07, 6.45) is 9.71. The second-order valence-corrected chi connectivity index (χ2v) is 9.24. The van der Waals surface area contributed by atoms with Crippen LogP contribution in [0.5, 0.6) is 0 Å². The maximum atomic E-state index is 12.4. The summed E-state index contributed by atoms with van der Waals surface area (Å²) < 4.78 is 16.4. The number of nitrogens with two attached hydrogens (primary N) is 1. The van der Waals surface area contributed by atoms with Crippen molar-refractivity contribution < 1.29 is 9.00 Å². The van der Waals surface area contributed by atoms with E-state index in [0.29, 0.717) is 0 Å². The van der Waals surface area contributed by atoms with E-state index in [0.717, 1.165) is 44.9 Å². The number of nitrogens with zero attached hydrogens (tertiary/aromatic N) is 1. The van der Waals surface area contributed by atoms with Gasteiger partial charge in [-0.15, -0.1) is 4.36 Å². The van der Waals surface area contributed by atoms with Crippen molar-refractivity contribution in [1.82, 2.24) is 0 Å². The summed E-state index contributed by atoms with van der Waals surface area (Å²) in [5.74, 6) is -0.293. The lowest BCUT2D eigenvalue weighted by Gasteiger charge is -2.25. The van der Waals surface area contributed by atoms with Crippen molar-refractivity contribution in [3.63, 3.8) is 0 Å². The first-order valence-corrected chi connectivity index (χ1v) is 10.4. The van der Waals surface area contributed by atoms with Gasteiger partial charge in [0.1, 0.15) is 9.92 Å². The zero-order chi connectivity index (χ0) is 16.0. The minimum absolute atomic E-state index is 0.0846. The summed E-state index contributed by atoms with van der Waals surface area (Å²) in [4.78, 5) is 12.4. The van der Waals surface area contributed by atoms with Crippen LogP contribution in [0.2, 0.25) is 0 Å². The van der Waals surface area contributed by atoms with Crippen LogP contribution in [0.15, 0.2) is 10.4 Å². The SMILES string of the molecule is NS(=O)(=NC(=O)Cc1c2c(cc3c1CCC3)CCC2)C1CCC1. The average molecular weight is 332 g/mol. The minimum Gasteiger partial charge on any atom is -0.272 e. The van der Waals surface area contributed by atoms with Crippen molar-refractivity contribution in [1.29, 1.82) is 0 Å².